The van der Waals surface area contributed by atoms with Crippen LogP contribution in [0.3, 0.4) is 0 Å². The molecular weight excluding hydrogens is 208 g/mol. The van der Waals surface area contributed by atoms with Gasteiger partial charge in [0.1, 0.15) is 0 Å². The van der Waals surface area contributed by atoms with Gasteiger partial charge >= 0.3 is 5.97 Å². The minimum absolute atomic E-state index is 0.449. The molecule has 16 heavy (non-hydrogen) atoms. The summed E-state index contributed by atoms with van der Waals surface area (Å²) in [5.41, 5.74) is 0.434. The van der Waals surface area contributed by atoms with E-state index >= 15 is 0 Å². The van der Waals surface area contributed by atoms with Gasteiger partial charge in [-0.1, -0.05) is 18.2 Å². The largest absolute Gasteiger partial charge is 0.467 e. The molecule has 1 saturated carbocycles. The lowest BCUT2D eigenvalue weighted by atomic mass is 10.0. The number of methoxy groups -OCH3 is 1. The lowest BCUT2D eigenvalue weighted by molar-refractivity contribution is -0.150. The van der Waals surface area contributed by atoms with Crippen molar-refractivity contribution in [3.8, 4) is 0 Å². The number of benzene rings is 1. The molecule has 2 rings (SSSR count). The predicted octanol–water partition coefficient (Wildman–Crippen LogP) is 0.874. The molecule has 0 aliphatic heterocycles. The topological polar surface area (TPSA) is 66.8 Å². The normalized spacial score (nSPS) is 18.9. The Hall–Kier alpha value is -1.39. The number of aliphatic hydroxyl groups excluding tert-OH is 1. The molecule has 0 bridgehead atoms. The van der Waals surface area contributed by atoms with Gasteiger partial charge in [-0.15, -0.1) is 0 Å². The zero-order chi connectivity index (χ0) is 11.8. The summed E-state index contributed by atoms with van der Waals surface area (Å²) < 4.78 is 4.46. The minimum Gasteiger partial charge on any atom is -0.467 e. The standard InChI is InChI=1S/C12H14O4/c1-16-11(14)10(13)8-3-2-4-9(7-8)12(15)5-6-12/h2-4,7,10,13,15H,5-6H2,1H3. The number of esters is 1. The summed E-state index contributed by atoms with van der Waals surface area (Å²) in [6, 6.07) is 6.79. The Bertz CT molecular complexity index is 409. The highest BCUT2D eigenvalue weighted by Crippen LogP contribution is 2.45. The Morgan fingerprint density at radius 3 is 2.75 bits per heavy atom. The monoisotopic (exact) mass is 222 g/mol. The maximum absolute atomic E-state index is 11.2. The van der Waals surface area contributed by atoms with Crippen LogP contribution in [0.4, 0.5) is 0 Å². The van der Waals surface area contributed by atoms with Crippen LogP contribution in [0.15, 0.2) is 24.3 Å². The first kappa shape index (κ1) is 11.1. The van der Waals surface area contributed by atoms with Crippen LogP contribution in [0.25, 0.3) is 0 Å². The van der Waals surface area contributed by atoms with Crippen molar-refractivity contribution in [2.45, 2.75) is 24.5 Å². The fourth-order valence-corrected chi connectivity index (χ4v) is 1.65. The second-order valence-corrected chi connectivity index (χ2v) is 4.08. The molecule has 0 spiro atoms. The number of rotatable bonds is 3. The second kappa shape index (κ2) is 3.88. The molecule has 0 saturated heterocycles. The van der Waals surface area contributed by atoms with Gasteiger partial charge in [-0.3, -0.25) is 0 Å². The van der Waals surface area contributed by atoms with Crippen LogP contribution in [0.2, 0.25) is 0 Å². The summed E-state index contributed by atoms with van der Waals surface area (Å²) in [5.74, 6) is -0.695. The van der Waals surface area contributed by atoms with E-state index in [4.69, 9.17) is 0 Å². The smallest absolute Gasteiger partial charge is 0.339 e. The van der Waals surface area contributed by atoms with Gasteiger partial charge in [0, 0.05) is 0 Å². The molecule has 4 heteroatoms. The van der Waals surface area contributed by atoms with Crippen LogP contribution in [-0.2, 0) is 15.1 Å². The Balaban J connectivity index is 2.25. The van der Waals surface area contributed by atoms with Crippen molar-refractivity contribution in [1.82, 2.24) is 0 Å². The van der Waals surface area contributed by atoms with Crippen LogP contribution in [-0.4, -0.2) is 23.3 Å². The van der Waals surface area contributed by atoms with E-state index in [0.29, 0.717) is 5.56 Å². The molecule has 1 fully saturated rings. The van der Waals surface area contributed by atoms with E-state index in [1.54, 1.807) is 24.3 Å². The maximum Gasteiger partial charge on any atom is 0.339 e. The first-order valence-corrected chi connectivity index (χ1v) is 5.15. The molecule has 0 heterocycles. The van der Waals surface area contributed by atoms with Gasteiger partial charge in [0.05, 0.1) is 12.7 Å². The van der Waals surface area contributed by atoms with Crippen molar-refractivity contribution in [3.05, 3.63) is 35.4 Å². The van der Waals surface area contributed by atoms with Gasteiger partial charge in [-0.2, -0.15) is 0 Å². The van der Waals surface area contributed by atoms with Gasteiger partial charge < -0.3 is 14.9 Å². The average molecular weight is 222 g/mol. The average Bonchev–Trinajstić information content (AvgIpc) is 3.07. The SMILES string of the molecule is COC(=O)C(O)c1cccc(C2(O)CC2)c1. The Morgan fingerprint density at radius 2 is 2.19 bits per heavy atom. The van der Waals surface area contributed by atoms with E-state index in [-0.39, 0.29) is 0 Å². The highest BCUT2D eigenvalue weighted by atomic mass is 16.5. The number of carbonyl (C=O) groups is 1. The molecule has 0 radical (unpaired) electrons. The molecule has 1 aliphatic rings. The van der Waals surface area contributed by atoms with Crippen molar-refractivity contribution in [2.75, 3.05) is 7.11 Å². The molecule has 1 atom stereocenters. The third kappa shape index (κ3) is 1.94. The number of aliphatic hydroxyl groups is 2. The number of ether oxygens (including phenoxy) is 1. The zero-order valence-corrected chi connectivity index (χ0v) is 9.01. The van der Waals surface area contributed by atoms with E-state index in [2.05, 4.69) is 4.74 Å². The van der Waals surface area contributed by atoms with Gasteiger partial charge in [-0.05, 0) is 30.0 Å². The van der Waals surface area contributed by atoms with Gasteiger partial charge in [0.2, 0.25) is 0 Å². The molecule has 0 amide bonds. The van der Waals surface area contributed by atoms with Gasteiger partial charge in [0.15, 0.2) is 6.10 Å². The quantitative estimate of drug-likeness (QED) is 0.745. The highest BCUT2D eigenvalue weighted by molar-refractivity contribution is 5.76. The minimum atomic E-state index is -1.28. The summed E-state index contributed by atoms with van der Waals surface area (Å²) in [6.45, 7) is 0. The zero-order valence-electron chi connectivity index (χ0n) is 9.01. The fraction of sp³-hybridized carbons (Fsp3) is 0.417. The predicted molar refractivity (Wildman–Crippen MR) is 56.5 cm³/mol. The third-order valence-corrected chi connectivity index (χ3v) is 2.89. The molecule has 0 aromatic heterocycles. The summed E-state index contributed by atoms with van der Waals surface area (Å²) in [7, 11) is 1.23. The molecule has 4 nitrogen and oxygen atoms in total. The lowest BCUT2D eigenvalue weighted by Gasteiger charge is -2.12. The van der Waals surface area contributed by atoms with E-state index in [1.807, 2.05) is 0 Å². The second-order valence-electron chi connectivity index (χ2n) is 4.08. The molecule has 2 N–H and O–H groups in total. The molecule has 1 aliphatic carbocycles. The van der Waals surface area contributed by atoms with Crippen molar-refractivity contribution in [1.29, 1.82) is 0 Å². The number of hydrogen-bond acceptors (Lipinski definition) is 4. The lowest BCUT2D eigenvalue weighted by Crippen LogP contribution is -2.14. The Morgan fingerprint density at radius 1 is 1.50 bits per heavy atom. The van der Waals surface area contributed by atoms with Crippen molar-refractivity contribution in [3.63, 3.8) is 0 Å². The molecule has 1 aromatic rings. The van der Waals surface area contributed by atoms with Crippen molar-refractivity contribution >= 4 is 5.97 Å². The Labute approximate surface area is 93.5 Å². The number of hydrogen-bond donors (Lipinski definition) is 2. The first-order chi connectivity index (χ1) is 7.57. The van der Waals surface area contributed by atoms with Gasteiger partial charge in [-0.25, -0.2) is 4.79 Å². The van der Waals surface area contributed by atoms with Gasteiger partial charge in [0.25, 0.3) is 0 Å². The third-order valence-electron chi connectivity index (χ3n) is 2.89. The maximum atomic E-state index is 11.2. The van der Waals surface area contributed by atoms with Crippen molar-refractivity contribution < 1.29 is 19.7 Å². The van der Waals surface area contributed by atoms with Crippen LogP contribution in [0.5, 0.6) is 0 Å². The van der Waals surface area contributed by atoms with Crippen molar-refractivity contribution in [2.24, 2.45) is 0 Å². The summed E-state index contributed by atoms with van der Waals surface area (Å²) in [6.07, 6.45) is 0.169. The Kier molecular flexibility index (Phi) is 2.69. The summed E-state index contributed by atoms with van der Waals surface area (Å²) in [5, 5.41) is 19.5. The summed E-state index contributed by atoms with van der Waals surface area (Å²) >= 11 is 0. The fourth-order valence-electron chi connectivity index (χ4n) is 1.65. The van der Waals surface area contributed by atoms with Crippen LogP contribution >= 0.6 is 0 Å². The molecular formula is C12H14O4. The first-order valence-electron chi connectivity index (χ1n) is 5.15. The van der Waals surface area contributed by atoms with E-state index in [1.165, 1.54) is 7.11 Å². The van der Waals surface area contributed by atoms with Crippen LogP contribution in [0.1, 0.15) is 30.1 Å². The van der Waals surface area contributed by atoms with E-state index in [0.717, 1.165) is 18.4 Å². The van der Waals surface area contributed by atoms with Crippen LogP contribution in [0, 0.1) is 0 Å². The highest BCUT2D eigenvalue weighted by Gasteiger charge is 2.42. The van der Waals surface area contributed by atoms with E-state index < -0.39 is 17.7 Å². The molecule has 1 unspecified atom stereocenters. The molecule has 1 aromatic carbocycles. The van der Waals surface area contributed by atoms with E-state index in [9.17, 15) is 15.0 Å². The van der Waals surface area contributed by atoms with Crippen LogP contribution < -0.4 is 0 Å². The molecule has 86 valence electrons. The summed E-state index contributed by atoms with van der Waals surface area (Å²) in [4.78, 5) is 11.2. The number of carbonyl (C=O) groups excluding carboxylic acids is 1.